The van der Waals surface area contributed by atoms with Crippen molar-refractivity contribution >= 4 is 29.7 Å². The van der Waals surface area contributed by atoms with Gasteiger partial charge in [0.2, 0.25) is 0 Å². The van der Waals surface area contributed by atoms with Gasteiger partial charge < -0.3 is 5.73 Å². The van der Waals surface area contributed by atoms with Crippen LogP contribution in [0.15, 0.2) is 11.0 Å². The average Bonchev–Trinajstić information content (AvgIpc) is 1.83. The summed E-state index contributed by atoms with van der Waals surface area (Å²) in [5, 5.41) is 5.51. The second-order valence-corrected chi connectivity index (χ2v) is 1.85. The molecule has 0 atom stereocenters. The molecule has 0 radical (unpaired) electrons. The van der Waals surface area contributed by atoms with Gasteiger partial charge in [0.15, 0.2) is 0 Å². The molecule has 1 aromatic rings. The fraction of sp³-hybridized carbons (Fsp3) is 0. The van der Waals surface area contributed by atoms with E-state index in [-0.39, 0.29) is 23.1 Å². The number of hydrogen-bond acceptors (Lipinski definition) is 3. The first-order chi connectivity index (χ1) is 4.22. The molecule has 3 N–H and O–H groups in total. The number of H-pyrrole nitrogens is 1. The first kappa shape index (κ1) is 9.26. The molecule has 1 rings (SSSR count). The monoisotopic (exact) mass is 181 g/mol. The lowest BCUT2D eigenvalue weighted by Gasteiger charge is -1.90. The molecule has 1 heterocycles. The number of aromatic nitrogens is 2. The predicted octanol–water partition coefficient (Wildman–Crippen LogP) is 0.427. The van der Waals surface area contributed by atoms with Gasteiger partial charge in [-0.2, -0.15) is 5.10 Å². The van der Waals surface area contributed by atoms with Crippen LogP contribution in [0.5, 0.6) is 0 Å². The molecule has 0 spiro atoms. The van der Waals surface area contributed by atoms with Crippen molar-refractivity contribution in [3.8, 4) is 0 Å². The fourth-order valence-corrected chi connectivity index (χ4v) is 0.488. The molecule has 10 heavy (non-hydrogen) atoms. The van der Waals surface area contributed by atoms with Crippen molar-refractivity contribution in [3.05, 3.63) is 21.6 Å². The lowest BCUT2D eigenvalue weighted by molar-refractivity contribution is 0.992. The number of nitrogen functional groups attached to an aromatic ring is 1. The van der Waals surface area contributed by atoms with Crippen LogP contribution >= 0.6 is 24.0 Å². The minimum atomic E-state index is -0.461. The predicted molar refractivity (Wildman–Crippen MR) is 41.5 cm³/mol. The molecule has 0 saturated heterocycles. The second-order valence-electron chi connectivity index (χ2n) is 1.47. The maximum absolute atomic E-state index is 10.5. The van der Waals surface area contributed by atoms with Crippen molar-refractivity contribution in [2.75, 3.05) is 5.73 Å². The molecule has 0 aliphatic heterocycles. The number of hydrogen-bond donors (Lipinski definition) is 2. The van der Waals surface area contributed by atoms with E-state index in [0.29, 0.717) is 0 Å². The van der Waals surface area contributed by atoms with E-state index in [1.807, 2.05) is 0 Å². The molecule has 0 saturated carbocycles. The third-order valence-corrected chi connectivity index (χ3v) is 1.21. The summed E-state index contributed by atoms with van der Waals surface area (Å²) in [6.45, 7) is 0. The van der Waals surface area contributed by atoms with Gasteiger partial charge in [-0.3, -0.25) is 4.79 Å². The van der Waals surface area contributed by atoms with Crippen LogP contribution in [-0.4, -0.2) is 10.2 Å². The molecule has 1 aromatic heterocycles. The van der Waals surface area contributed by atoms with Crippen molar-refractivity contribution < 1.29 is 0 Å². The van der Waals surface area contributed by atoms with E-state index in [4.69, 9.17) is 17.3 Å². The van der Waals surface area contributed by atoms with Crippen molar-refractivity contribution in [2.45, 2.75) is 0 Å². The summed E-state index contributed by atoms with van der Waals surface area (Å²) in [5.41, 5.74) is 4.94. The minimum absolute atomic E-state index is 0. The average molecular weight is 182 g/mol. The summed E-state index contributed by atoms with van der Waals surface area (Å²) >= 11 is 5.37. The maximum atomic E-state index is 10.5. The van der Waals surface area contributed by atoms with E-state index in [1.165, 1.54) is 6.20 Å². The van der Waals surface area contributed by atoms with E-state index in [9.17, 15) is 4.79 Å². The molecule has 0 bridgehead atoms. The van der Waals surface area contributed by atoms with Crippen LogP contribution in [0.25, 0.3) is 0 Å². The van der Waals surface area contributed by atoms with E-state index >= 15 is 0 Å². The van der Waals surface area contributed by atoms with Crippen molar-refractivity contribution in [1.82, 2.24) is 10.2 Å². The zero-order valence-electron chi connectivity index (χ0n) is 4.80. The number of aromatic amines is 1. The van der Waals surface area contributed by atoms with Crippen LogP contribution in [0, 0.1) is 0 Å². The Bertz CT molecular complexity index is 271. The molecule has 0 fully saturated rings. The van der Waals surface area contributed by atoms with Gasteiger partial charge in [-0.1, -0.05) is 11.6 Å². The van der Waals surface area contributed by atoms with Crippen molar-refractivity contribution in [2.24, 2.45) is 0 Å². The van der Waals surface area contributed by atoms with Crippen molar-refractivity contribution in [3.63, 3.8) is 0 Å². The lowest BCUT2D eigenvalue weighted by atomic mass is 10.5. The van der Waals surface area contributed by atoms with Gasteiger partial charge in [-0.05, 0) is 0 Å². The van der Waals surface area contributed by atoms with Gasteiger partial charge in [0.05, 0.1) is 11.9 Å². The molecular formula is C4H5Cl2N3O. The summed E-state index contributed by atoms with van der Waals surface area (Å²) in [4.78, 5) is 10.5. The number of anilines is 1. The van der Waals surface area contributed by atoms with Crippen LogP contribution in [0.3, 0.4) is 0 Å². The number of halogens is 2. The highest BCUT2D eigenvalue weighted by Gasteiger charge is 1.97. The molecule has 56 valence electrons. The Labute approximate surface area is 67.8 Å². The molecule has 0 aliphatic rings. The number of nitrogens with two attached hydrogens (primary N) is 1. The summed E-state index contributed by atoms with van der Waals surface area (Å²) in [7, 11) is 0. The zero-order valence-corrected chi connectivity index (χ0v) is 6.37. The zero-order chi connectivity index (χ0) is 6.85. The van der Waals surface area contributed by atoms with E-state index in [0.717, 1.165) is 0 Å². The highest BCUT2D eigenvalue weighted by Crippen LogP contribution is 2.07. The molecule has 4 nitrogen and oxygen atoms in total. The highest BCUT2D eigenvalue weighted by atomic mass is 35.5. The van der Waals surface area contributed by atoms with Crippen LogP contribution in [-0.2, 0) is 0 Å². The first-order valence-corrected chi connectivity index (χ1v) is 2.58. The second kappa shape index (κ2) is 3.43. The Balaban J connectivity index is 0.000000810. The van der Waals surface area contributed by atoms with Gasteiger partial charge in [-0.15, -0.1) is 12.4 Å². The standard InChI is InChI=1S/C4H4ClN3O.ClH/c5-3-2(6)1-7-8-4(3)9;/h1H,(H3,6,8,9);1H. The third-order valence-electron chi connectivity index (χ3n) is 0.823. The Hall–Kier alpha value is -0.740. The Morgan fingerprint density at radius 1 is 1.70 bits per heavy atom. The first-order valence-electron chi connectivity index (χ1n) is 2.20. The van der Waals surface area contributed by atoms with Crippen LogP contribution in [0.4, 0.5) is 5.69 Å². The lowest BCUT2D eigenvalue weighted by Crippen LogP contribution is -2.09. The summed E-state index contributed by atoms with van der Waals surface area (Å²) < 4.78 is 0. The normalized spacial score (nSPS) is 8.50. The number of rotatable bonds is 0. The highest BCUT2D eigenvalue weighted by molar-refractivity contribution is 6.32. The topological polar surface area (TPSA) is 71.8 Å². The molecule has 0 amide bonds. The van der Waals surface area contributed by atoms with Crippen LogP contribution in [0.2, 0.25) is 5.02 Å². The Kier molecular flexibility index (Phi) is 3.18. The fourth-order valence-electron chi connectivity index (χ4n) is 0.397. The number of nitrogens with one attached hydrogen (secondary N) is 1. The molecule has 6 heteroatoms. The van der Waals surface area contributed by atoms with Gasteiger partial charge in [0.25, 0.3) is 5.56 Å². The van der Waals surface area contributed by atoms with Gasteiger partial charge >= 0.3 is 0 Å². The summed E-state index contributed by atoms with van der Waals surface area (Å²) in [5.74, 6) is 0. The van der Waals surface area contributed by atoms with Gasteiger partial charge in [0.1, 0.15) is 5.02 Å². The molecular weight excluding hydrogens is 177 g/mol. The quantitative estimate of drug-likeness (QED) is 0.610. The number of nitrogens with zero attached hydrogens (tertiary/aromatic N) is 1. The summed E-state index contributed by atoms with van der Waals surface area (Å²) in [6, 6.07) is 0. The Morgan fingerprint density at radius 2 is 2.30 bits per heavy atom. The Morgan fingerprint density at radius 3 is 2.70 bits per heavy atom. The SMILES string of the molecule is Cl.Nc1cn[nH]c(=O)c1Cl. The van der Waals surface area contributed by atoms with Gasteiger partial charge in [-0.25, -0.2) is 5.10 Å². The smallest absolute Gasteiger partial charge is 0.285 e. The van der Waals surface area contributed by atoms with E-state index in [1.54, 1.807) is 0 Å². The van der Waals surface area contributed by atoms with Crippen molar-refractivity contribution in [1.29, 1.82) is 0 Å². The molecule has 0 aliphatic carbocycles. The van der Waals surface area contributed by atoms with Gasteiger partial charge in [0, 0.05) is 0 Å². The maximum Gasteiger partial charge on any atom is 0.285 e. The third kappa shape index (κ3) is 1.62. The van der Waals surface area contributed by atoms with Crippen LogP contribution in [0.1, 0.15) is 0 Å². The van der Waals surface area contributed by atoms with Crippen LogP contribution < -0.4 is 11.3 Å². The molecule has 0 unspecified atom stereocenters. The molecule has 0 aromatic carbocycles. The van der Waals surface area contributed by atoms with E-state index in [2.05, 4.69) is 10.2 Å². The summed E-state index contributed by atoms with van der Waals surface area (Å²) in [6.07, 6.45) is 1.28. The minimum Gasteiger partial charge on any atom is -0.396 e. The van der Waals surface area contributed by atoms with E-state index < -0.39 is 5.56 Å². The largest absolute Gasteiger partial charge is 0.396 e.